The number of ether oxygens (including phenoxy) is 2. The first kappa shape index (κ1) is 26.5. The Morgan fingerprint density at radius 1 is 1.21 bits per heavy atom. The fourth-order valence-electron chi connectivity index (χ4n) is 6.39. The average molecular weight is 553 g/mol. The average Bonchev–Trinajstić information content (AvgIpc) is 3.25. The number of hydrogen-bond donors (Lipinski definition) is 4. The molecule has 5 unspecified atom stereocenters. The number of hydrogen-bond acceptors (Lipinski definition) is 8. The molecule has 2 aromatic carbocycles. The predicted molar refractivity (Wildman–Crippen MR) is 152 cm³/mol. The molecule has 0 aliphatic carbocycles. The standard InChI is InChI=1S/C29H37ClN6O3/c1-2-5-19-15-31-16-24-26(19)28-35-34-25(36(28)11-13-38-24)17-32-20-7-3-6-18(14-20)29(37)33-23-10-12-39-27-21(23)8-4-9-22(27)30/h3-4,6-9,14-15,19,23-26,28,32,34-35H,2,5,10-13,16-17H2,1H3,(H,33,37)/t19?,23-,24?,25?,26?,28?/m1/s1. The fraction of sp³-hybridized carbons (Fsp3) is 0.517. The van der Waals surface area contributed by atoms with Crippen molar-refractivity contribution in [3.05, 3.63) is 58.6 Å². The van der Waals surface area contributed by atoms with Crippen LogP contribution in [0.1, 0.15) is 48.1 Å². The number of amides is 1. The molecule has 208 valence electrons. The van der Waals surface area contributed by atoms with Crippen molar-refractivity contribution in [2.24, 2.45) is 16.8 Å². The van der Waals surface area contributed by atoms with Gasteiger partial charge in [-0.2, -0.15) is 0 Å². The van der Waals surface area contributed by atoms with Crippen LogP contribution in [0.4, 0.5) is 5.69 Å². The summed E-state index contributed by atoms with van der Waals surface area (Å²) in [5, 5.41) is 7.28. The van der Waals surface area contributed by atoms with Gasteiger partial charge >= 0.3 is 0 Å². The Bertz CT molecular complexity index is 1210. The number of fused-ring (bicyclic) bond motifs is 4. The number of anilines is 1. The highest BCUT2D eigenvalue weighted by molar-refractivity contribution is 6.32. The van der Waals surface area contributed by atoms with Gasteiger partial charge in [-0.1, -0.05) is 43.1 Å². The van der Waals surface area contributed by atoms with E-state index in [4.69, 9.17) is 21.1 Å². The van der Waals surface area contributed by atoms with E-state index < -0.39 is 0 Å². The van der Waals surface area contributed by atoms with E-state index in [-0.39, 0.29) is 30.4 Å². The van der Waals surface area contributed by atoms with E-state index in [0.29, 0.717) is 54.4 Å². The topological polar surface area (TPSA) is 99.2 Å². The van der Waals surface area contributed by atoms with Gasteiger partial charge in [-0.25, -0.2) is 10.9 Å². The third-order valence-corrected chi connectivity index (χ3v) is 8.58. The van der Waals surface area contributed by atoms with Gasteiger partial charge in [-0.15, -0.1) is 0 Å². The number of aliphatic imine (C=N–C) groups is 1. The van der Waals surface area contributed by atoms with Gasteiger partial charge in [0, 0.05) is 54.4 Å². The molecule has 0 aromatic heterocycles. The van der Waals surface area contributed by atoms with Crippen molar-refractivity contribution in [1.82, 2.24) is 21.1 Å². The second-order valence-electron chi connectivity index (χ2n) is 10.7. The normalized spacial score (nSPS) is 29.9. The Labute approximate surface area is 234 Å². The molecular formula is C29H37ClN6O3. The highest BCUT2D eigenvalue weighted by Gasteiger charge is 2.46. The van der Waals surface area contributed by atoms with Gasteiger partial charge in [0.05, 0.1) is 49.3 Å². The van der Waals surface area contributed by atoms with E-state index >= 15 is 0 Å². The molecular weight excluding hydrogens is 516 g/mol. The lowest BCUT2D eigenvalue weighted by atomic mass is 9.81. The van der Waals surface area contributed by atoms with E-state index in [1.807, 2.05) is 36.4 Å². The van der Waals surface area contributed by atoms with Gasteiger partial charge in [0.1, 0.15) is 5.75 Å². The summed E-state index contributed by atoms with van der Waals surface area (Å²) in [4.78, 5) is 20.3. The summed E-state index contributed by atoms with van der Waals surface area (Å²) in [7, 11) is 0. The number of hydrazine groups is 1. The van der Waals surface area contributed by atoms with Crippen LogP contribution in [0.15, 0.2) is 47.5 Å². The molecule has 2 aromatic rings. The van der Waals surface area contributed by atoms with Gasteiger partial charge < -0.3 is 20.1 Å². The quantitative estimate of drug-likeness (QED) is 0.417. The number of nitrogens with zero attached hydrogens (tertiary/aromatic N) is 2. The van der Waals surface area contributed by atoms with Gasteiger partial charge in [0.15, 0.2) is 0 Å². The lowest BCUT2D eigenvalue weighted by Gasteiger charge is -2.38. The van der Waals surface area contributed by atoms with Crippen LogP contribution in [0, 0.1) is 11.8 Å². The van der Waals surface area contributed by atoms with Gasteiger partial charge in [-0.05, 0) is 30.7 Å². The summed E-state index contributed by atoms with van der Waals surface area (Å²) in [6.07, 6.45) is 5.53. The number of carbonyl (C=O) groups is 1. The molecule has 4 aliphatic heterocycles. The smallest absolute Gasteiger partial charge is 0.251 e. The van der Waals surface area contributed by atoms with E-state index in [1.165, 1.54) is 0 Å². The maximum Gasteiger partial charge on any atom is 0.251 e. The molecule has 39 heavy (non-hydrogen) atoms. The zero-order valence-electron chi connectivity index (χ0n) is 22.2. The van der Waals surface area contributed by atoms with E-state index in [0.717, 1.165) is 37.2 Å². The minimum atomic E-state index is -0.141. The Morgan fingerprint density at radius 2 is 2.10 bits per heavy atom. The van der Waals surface area contributed by atoms with Gasteiger partial charge in [0.2, 0.25) is 0 Å². The predicted octanol–water partition coefficient (Wildman–Crippen LogP) is 3.58. The number of rotatable bonds is 7. The summed E-state index contributed by atoms with van der Waals surface area (Å²) in [5.74, 6) is 1.32. The Morgan fingerprint density at radius 3 is 3.00 bits per heavy atom. The van der Waals surface area contributed by atoms with Crippen molar-refractivity contribution in [3.63, 3.8) is 0 Å². The first-order chi connectivity index (χ1) is 19.1. The lowest BCUT2D eigenvalue weighted by molar-refractivity contribution is 0.00911. The van der Waals surface area contributed by atoms with Crippen molar-refractivity contribution >= 4 is 29.4 Å². The summed E-state index contributed by atoms with van der Waals surface area (Å²) in [6, 6.07) is 13.2. The van der Waals surface area contributed by atoms with E-state index in [2.05, 4.69) is 44.5 Å². The highest BCUT2D eigenvalue weighted by atomic mass is 35.5. The highest BCUT2D eigenvalue weighted by Crippen LogP contribution is 2.38. The van der Waals surface area contributed by atoms with Crippen molar-refractivity contribution in [2.45, 2.75) is 50.7 Å². The molecule has 0 radical (unpaired) electrons. The zero-order chi connectivity index (χ0) is 26.8. The number of halogens is 1. The molecule has 2 saturated heterocycles. The van der Waals surface area contributed by atoms with E-state index in [1.54, 1.807) is 6.07 Å². The van der Waals surface area contributed by atoms with Crippen LogP contribution in [0.5, 0.6) is 5.75 Å². The maximum absolute atomic E-state index is 13.2. The Kier molecular flexibility index (Phi) is 8.04. The molecule has 6 atom stereocenters. The van der Waals surface area contributed by atoms with Crippen LogP contribution in [0.25, 0.3) is 0 Å². The zero-order valence-corrected chi connectivity index (χ0v) is 23.0. The molecule has 0 saturated carbocycles. The van der Waals surface area contributed by atoms with Crippen LogP contribution in [0.2, 0.25) is 5.02 Å². The SMILES string of the molecule is CCCC1C=NCC2OCCN3C(CNc4cccc(C(=O)N[C@@H]5CCOc6c(Cl)cccc65)c4)NNC3C12. The van der Waals surface area contributed by atoms with Gasteiger partial charge in [-0.3, -0.25) is 14.7 Å². The molecule has 1 amide bonds. The van der Waals surface area contributed by atoms with Crippen LogP contribution in [-0.4, -0.2) is 68.3 Å². The third kappa shape index (κ3) is 5.51. The summed E-state index contributed by atoms with van der Waals surface area (Å²) in [6.45, 7) is 5.71. The summed E-state index contributed by atoms with van der Waals surface area (Å²) < 4.78 is 12.0. The monoisotopic (exact) mass is 552 g/mol. The van der Waals surface area contributed by atoms with Gasteiger partial charge in [0.25, 0.3) is 5.91 Å². The lowest BCUT2D eigenvalue weighted by Crippen LogP contribution is -2.52. The molecule has 9 nitrogen and oxygen atoms in total. The minimum absolute atomic E-state index is 0.0967. The van der Waals surface area contributed by atoms with E-state index in [9.17, 15) is 4.79 Å². The molecule has 2 fully saturated rings. The molecule has 4 N–H and O–H groups in total. The Balaban J connectivity index is 1.10. The first-order valence-electron chi connectivity index (χ1n) is 14.1. The van der Waals surface area contributed by atoms with Crippen molar-refractivity contribution in [3.8, 4) is 5.75 Å². The minimum Gasteiger partial charge on any atom is -0.492 e. The van der Waals surface area contributed by atoms with Crippen molar-refractivity contribution in [2.75, 3.05) is 38.2 Å². The second kappa shape index (κ2) is 11.8. The number of benzene rings is 2. The molecule has 4 aliphatic rings. The van der Waals surface area contributed by atoms with Crippen molar-refractivity contribution < 1.29 is 14.3 Å². The maximum atomic E-state index is 13.2. The van der Waals surface area contributed by atoms with Crippen LogP contribution in [0.3, 0.4) is 0 Å². The number of nitrogens with one attached hydrogen (secondary N) is 4. The molecule has 6 rings (SSSR count). The molecule has 0 spiro atoms. The van der Waals surface area contributed by atoms with Crippen molar-refractivity contribution in [1.29, 1.82) is 0 Å². The second-order valence-corrected chi connectivity index (χ2v) is 11.1. The fourth-order valence-corrected chi connectivity index (χ4v) is 6.63. The summed E-state index contributed by atoms with van der Waals surface area (Å²) >= 11 is 6.31. The van der Waals surface area contributed by atoms with Crippen LogP contribution >= 0.6 is 11.6 Å². The summed E-state index contributed by atoms with van der Waals surface area (Å²) in [5.41, 5.74) is 9.51. The first-order valence-corrected chi connectivity index (χ1v) is 14.4. The number of carbonyl (C=O) groups excluding carboxylic acids is 1. The molecule has 0 bridgehead atoms. The van der Waals surface area contributed by atoms with Crippen LogP contribution < -0.4 is 26.2 Å². The molecule has 4 heterocycles. The Hall–Kier alpha value is -2.69. The third-order valence-electron chi connectivity index (χ3n) is 8.28. The molecule has 10 heteroatoms. The number of para-hydroxylation sites is 1. The van der Waals surface area contributed by atoms with Crippen LogP contribution in [-0.2, 0) is 4.74 Å². The largest absolute Gasteiger partial charge is 0.492 e.